The van der Waals surface area contributed by atoms with Gasteiger partial charge in [0, 0.05) is 12.0 Å². The van der Waals surface area contributed by atoms with Gasteiger partial charge in [-0.2, -0.15) is 0 Å². The average Bonchev–Trinajstić information content (AvgIpc) is 2.68. The predicted octanol–water partition coefficient (Wildman–Crippen LogP) is 2.26. The van der Waals surface area contributed by atoms with Crippen molar-refractivity contribution in [3.8, 4) is 5.75 Å². The van der Waals surface area contributed by atoms with Gasteiger partial charge in [-0.05, 0) is 37.5 Å². The zero-order valence-corrected chi connectivity index (χ0v) is 9.96. The number of methoxy groups -OCH3 is 1. The van der Waals surface area contributed by atoms with Crippen molar-refractivity contribution in [2.75, 3.05) is 7.11 Å². The molecule has 1 saturated heterocycles. The second kappa shape index (κ2) is 4.16. The summed E-state index contributed by atoms with van der Waals surface area (Å²) >= 11 is 0. The molecule has 0 radical (unpaired) electrons. The van der Waals surface area contributed by atoms with Gasteiger partial charge in [-0.1, -0.05) is 6.07 Å². The summed E-state index contributed by atoms with van der Waals surface area (Å²) < 4.78 is 5.38. The van der Waals surface area contributed by atoms with Gasteiger partial charge in [-0.15, -0.1) is 0 Å². The first kappa shape index (κ1) is 11.0. The Labute approximate surface area is 95.8 Å². The van der Waals surface area contributed by atoms with Crippen LogP contribution in [0.4, 0.5) is 0 Å². The Morgan fingerprint density at radius 1 is 1.31 bits per heavy atom. The minimum atomic E-state index is 0.113. The maximum atomic E-state index is 11.2. The number of carbonyl (C=O) groups is 1. The molecule has 0 aromatic heterocycles. The molecule has 0 bridgehead atoms. The number of nitrogens with one attached hydrogen (secondary N) is 1. The van der Waals surface area contributed by atoms with Crippen LogP contribution in [-0.4, -0.2) is 13.0 Å². The van der Waals surface area contributed by atoms with Gasteiger partial charge in [0.25, 0.3) is 0 Å². The molecule has 3 nitrogen and oxygen atoms in total. The first-order valence-electron chi connectivity index (χ1n) is 5.56. The molecule has 1 unspecified atom stereocenters. The maximum absolute atomic E-state index is 11.2. The minimum absolute atomic E-state index is 0.113. The molecule has 1 amide bonds. The molecule has 1 aromatic rings. The predicted molar refractivity (Wildman–Crippen MR) is 62.6 cm³/mol. The van der Waals surface area contributed by atoms with Gasteiger partial charge >= 0.3 is 0 Å². The fourth-order valence-corrected chi connectivity index (χ4v) is 2.11. The first-order valence-corrected chi connectivity index (χ1v) is 5.56. The van der Waals surface area contributed by atoms with E-state index in [0.717, 1.165) is 17.7 Å². The van der Waals surface area contributed by atoms with Gasteiger partial charge < -0.3 is 10.1 Å². The molecule has 1 atom stereocenters. The topological polar surface area (TPSA) is 38.3 Å². The van der Waals surface area contributed by atoms with E-state index in [1.807, 2.05) is 6.07 Å². The minimum Gasteiger partial charge on any atom is -0.496 e. The van der Waals surface area contributed by atoms with E-state index in [4.69, 9.17) is 4.74 Å². The normalized spacial score (nSPS) is 19.7. The molecule has 0 aliphatic carbocycles. The summed E-state index contributed by atoms with van der Waals surface area (Å²) in [5, 5.41) is 2.97. The molecule has 16 heavy (non-hydrogen) atoms. The molecule has 3 heteroatoms. The maximum Gasteiger partial charge on any atom is 0.220 e. The van der Waals surface area contributed by atoms with E-state index in [9.17, 15) is 4.79 Å². The van der Waals surface area contributed by atoms with Crippen LogP contribution < -0.4 is 10.1 Å². The van der Waals surface area contributed by atoms with Gasteiger partial charge in [0.15, 0.2) is 0 Å². The Balaban J connectivity index is 2.39. The van der Waals surface area contributed by atoms with Crippen molar-refractivity contribution >= 4 is 5.91 Å². The van der Waals surface area contributed by atoms with Crippen molar-refractivity contribution in [2.45, 2.75) is 32.7 Å². The Hall–Kier alpha value is -1.51. The van der Waals surface area contributed by atoms with Crippen LogP contribution >= 0.6 is 0 Å². The highest BCUT2D eigenvalue weighted by Crippen LogP contribution is 2.33. The van der Waals surface area contributed by atoms with Crippen molar-refractivity contribution in [2.24, 2.45) is 0 Å². The molecule has 1 heterocycles. The monoisotopic (exact) mass is 219 g/mol. The van der Waals surface area contributed by atoms with Crippen LogP contribution in [0.3, 0.4) is 0 Å². The van der Waals surface area contributed by atoms with E-state index >= 15 is 0 Å². The number of carbonyl (C=O) groups excluding carboxylic acids is 1. The van der Waals surface area contributed by atoms with Crippen LogP contribution in [0.15, 0.2) is 12.1 Å². The van der Waals surface area contributed by atoms with Crippen LogP contribution in [0.2, 0.25) is 0 Å². The highest BCUT2D eigenvalue weighted by Gasteiger charge is 2.25. The van der Waals surface area contributed by atoms with Gasteiger partial charge in [0.05, 0.1) is 13.2 Å². The smallest absolute Gasteiger partial charge is 0.220 e. The molecule has 0 saturated carbocycles. The number of ether oxygens (including phenoxy) is 1. The molecular formula is C13H17NO2. The number of amides is 1. The van der Waals surface area contributed by atoms with E-state index in [-0.39, 0.29) is 11.9 Å². The zero-order valence-electron chi connectivity index (χ0n) is 9.96. The zero-order chi connectivity index (χ0) is 11.7. The van der Waals surface area contributed by atoms with Crippen LogP contribution in [-0.2, 0) is 4.79 Å². The van der Waals surface area contributed by atoms with Crippen LogP contribution in [0.25, 0.3) is 0 Å². The Bertz CT molecular complexity index is 426. The quantitative estimate of drug-likeness (QED) is 0.828. The van der Waals surface area contributed by atoms with Crippen LogP contribution in [0.5, 0.6) is 5.75 Å². The largest absolute Gasteiger partial charge is 0.496 e. The van der Waals surface area contributed by atoms with Crippen molar-refractivity contribution < 1.29 is 9.53 Å². The number of aryl methyl sites for hydroxylation is 2. The molecule has 2 rings (SSSR count). The molecular weight excluding hydrogens is 202 g/mol. The number of hydrogen-bond donors (Lipinski definition) is 1. The molecule has 86 valence electrons. The van der Waals surface area contributed by atoms with E-state index in [1.54, 1.807) is 7.11 Å². The summed E-state index contributed by atoms with van der Waals surface area (Å²) in [7, 11) is 1.67. The van der Waals surface area contributed by atoms with Crippen molar-refractivity contribution in [3.63, 3.8) is 0 Å². The van der Waals surface area contributed by atoms with E-state index in [0.29, 0.717) is 6.42 Å². The summed E-state index contributed by atoms with van der Waals surface area (Å²) in [4.78, 5) is 11.2. The van der Waals surface area contributed by atoms with Crippen LogP contribution in [0, 0.1) is 13.8 Å². The van der Waals surface area contributed by atoms with Gasteiger partial charge in [0.2, 0.25) is 5.91 Å². The average molecular weight is 219 g/mol. The fraction of sp³-hybridized carbons (Fsp3) is 0.462. The molecule has 1 aliphatic heterocycles. The summed E-state index contributed by atoms with van der Waals surface area (Å²) in [6.45, 7) is 4.14. The first-order chi connectivity index (χ1) is 7.61. The summed E-state index contributed by atoms with van der Waals surface area (Å²) in [6.07, 6.45) is 1.47. The van der Waals surface area contributed by atoms with E-state index < -0.39 is 0 Å². The number of rotatable bonds is 2. The Kier molecular flexibility index (Phi) is 2.86. The van der Waals surface area contributed by atoms with Gasteiger partial charge in [-0.3, -0.25) is 4.79 Å². The van der Waals surface area contributed by atoms with Crippen molar-refractivity contribution in [1.29, 1.82) is 0 Å². The van der Waals surface area contributed by atoms with Crippen molar-refractivity contribution in [3.05, 3.63) is 28.8 Å². The molecule has 1 aromatic carbocycles. The molecule has 1 N–H and O–H groups in total. The van der Waals surface area contributed by atoms with E-state index in [2.05, 4.69) is 25.2 Å². The Morgan fingerprint density at radius 3 is 2.56 bits per heavy atom. The third-order valence-corrected chi connectivity index (χ3v) is 3.22. The summed E-state index contributed by atoms with van der Waals surface area (Å²) in [5.74, 6) is 1.00. The summed E-state index contributed by atoms with van der Waals surface area (Å²) in [6, 6.07) is 4.27. The highest BCUT2D eigenvalue weighted by atomic mass is 16.5. The molecule has 1 aliphatic rings. The Morgan fingerprint density at radius 2 is 2.00 bits per heavy atom. The van der Waals surface area contributed by atoms with Gasteiger partial charge in [0.1, 0.15) is 5.75 Å². The van der Waals surface area contributed by atoms with Gasteiger partial charge in [-0.25, -0.2) is 0 Å². The molecule has 1 fully saturated rings. The number of benzene rings is 1. The fourth-order valence-electron chi connectivity index (χ4n) is 2.11. The van der Waals surface area contributed by atoms with E-state index in [1.165, 1.54) is 11.1 Å². The second-order valence-electron chi connectivity index (χ2n) is 4.34. The lowest BCUT2D eigenvalue weighted by molar-refractivity contribution is -0.119. The number of hydrogen-bond acceptors (Lipinski definition) is 2. The van der Waals surface area contributed by atoms with Crippen LogP contribution in [0.1, 0.15) is 35.6 Å². The molecule has 0 spiro atoms. The summed E-state index contributed by atoms with van der Waals surface area (Å²) in [5.41, 5.74) is 3.54. The lowest BCUT2D eigenvalue weighted by Crippen LogP contribution is -2.19. The standard InChI is InChI=1S/C13H17NO2/c1-8-6-10(11-4-5-13(15)14-11)12(16-3)7-9(8)2/h6-7,11H,4-5H2,1-3H3,(H,14,15). The van der Waals surface area contributed by atoms with Crippen molar-refractivity contribution in [1.82, 2.24) is 5.32 Å². The SMILES string of the molecule is COc1cc(C)c(C)cc1C1CCC(=O)N1. The second-order valence-corrected chi connectivity index (χ2v) is 4.34. The lowest BCUT2D eigenvalue weighted by atomic mass is 9.99. The third-order valence-electron chi connectivity index (χ3n) is 3.22. The highest BCUT2D eigenvalue weighted by molar-refractivity contribution is 5.79. The third kappa shape index (κ3) is 1.90. The lowest BCUT2D eigenvalue weighted by Gasteiger charge is -2.16.